The highest BCUT2D eigenvalue weighted by Gasteiger charge is 2.27. The number of nitrogen functional groups attached to an aromatic ring is 1. The van der Waals surface area contributed by atoms with Crippen LogP contribution in [0.2, 0.25) is 0 Å². The highest BCUT2D eigenvalue weighted by atomic mass is 16.5. The lowest BCUT2D eigenvalue weighted by Crippen LogP contribution is -2.28. The molecular formula is C13H20N2O. The van der Waals surface area contributed by atoms with Crippen LogP contribution in [0.25, 0.3) is 0 Å². The second-order valence-electron chi connectivity index (χ2n) is 5.41. The Morgan fingerprint density at radius 1 is 1.38 bits per heavy atom. The van der Waals surface area contributed by atoms with Crippen LogP contribution in [0.3, 0.4) is 0 Å². The minimum atomic E-state index is 0.308. The highest BCUT2D eigenvalue weighted by molar-refractivity contribution is 5.39. The van der Waals surface area contributed by atoms with Gasteiger partial charge in [-0.2, -0.15) is 0 Å². The summed E-state index contributed by atoms with van der Waals surface area (Å²) < 4.78 is 5.84. The smallest absolute Gasteiger partial charge is 0.215 e. The maximum Gasteiger partial charge on any atom is 0.215 e. The first-order chi connectivity index (χ1) is 7.55. The van der Waals surface area contributed by atoms with Gasteiger partial charge in [-0.05, 0) is 37.2 Å². The molecule has 1 heterocycles. The Labute approximate surface area is 97.0 Å². The number of hydrogen-bond donors (Lipinski definition) is 1. The lowest BCUT2D eigenvalue weighted by molar-refractivity contribution is 0.0950. The summed E-state index contributed by atoms with van der Waals surface area (Å²) in [6.45, 7) is 4.64. The number of ether oxygens (including phenoxy) is 1. The van der Waals surface area contributed by atoms with Crippen LogP contribution >= 0.6 is 0 Å². The van der Waals surface area contributed by atoms with E-state index in [9.17, 15) is 0 Å². The van der Waals surface area contributed by atoms with Gasteiger partial charge in [0, 0.05) is 18.0 Å². The van der Waals surface area contributed by atoms with E-state index in [-0.39, 0.29) is 0 Å². The lowest BCUT2D eigenvalue weighted by atomic mass is 9.76. The van der Waals surface area contributed by atoms with Crippen LogP contribution in [0.5, 0.6) is 5.88 Å². The molecule has 0 aromatic carbocycles. The van der Waals surface area contributed by atoms with Crippen molar-refractivity contribution in [2.24, 2.45) is 5.41 Å². The summed E-state index contributed by atoms with van der Waals surface area (Å²) in [5, 5.41) is 0. The SMILES string of the molecule is CC1(C)CCC(Oc2cc(N)ccn2)CC1. The number of anilines is 1. The van der Waals surface area contributed by atoms with Crippen molar-refractivity contribution in [2.75, 3.05) is 5.73 Å². The van der Waals surface area contributed by atoms with Gasteiger partial charge in [-0.1, -0.05) is 13.8 Å². The first-order valence-electron chi connectivity index (χ1n) is 5.93. The molecule has 1 aliphatic rings. The van der Waals surface area contributed by atoms with Gasteiger partial charge in [0.1, 0.15) is 6.10 Å². The van der Waals surface area contributed by atoms with Gasteiger partial charge in [0.2, 0.25) is 5.88 Å². The molecule has 1 saturated carbocycles. The monoisotopic (exact) mass is 220 g/mol. The first-order valence-corrected chi connectivity index (χ1v) is 5.93. The van der Waals surface area contributed by atoms with E-state index in [2.05, 4.69) is 18.8 Å². The van der Waals surface area contributed by atoms with E-state index >= 15 is 0 Å². The van der Waals surface area contributed by atoms with Crippen molar-refractivity contribution in [3.63, 3.8) is 0 Å². The molecular weight excluding hydrogens is 200 g/mol. The number of hydrogen-bond acceptors (Lipinski definition) is 3. The van der Waals surface area contributed by atoms with E-state index < -0.39 is 0 Å². The molecule has 0 radical (unpaired) electrons. The van der Waals surface area contributed by atoms with Gasteiger partial charge in [-0.3, -0.25) is 0 Å². The van der Waals surface area contributed by atoms with Gasteiger partial charge in [-0.25, -0.2) is 4.98 Å². The van der Waals surface area contributed by atoms with E-state index in [1.54, 1.807) is 18.3 Å². The van der Waals surface area contributed by atoms with Crippen LogP contribution in [0.4, 0.5) is 5.69 Å². The molecule has 0 bridgehead atoms. The highest BCUT2D eigenvalue weighted by Crippen LogP contribution is 2.36. The van der Waals surface area contributed by atoms with Crippen molar-refractivity contribution in [2.45, 2.75) is 45.6 Å². The molecule has 2 rings (SSSR count). The average Bonchev–Trinajstić information content (AvgIpc) is 2.21. The van der Waals surface area contributed by atoms with Gasteiger partial charge in [-0.15, -0.1) is 0 Å². The standard InChI is InChI=1S/C13H20N2O/c1-13(2)6-3-11(4-7-13)16-12-9-10(14)5-8-15-12/h5,8-9,11H,3-4,6-7H2,1-2H3,(H2,14,15). The van der Waals surface area contributed by atoms with Crippen molar-refractivity contribution < 1.29 is 4.74 Å². The van der Waals surface area contributed by atoms with E-state index in [1.165, 1.54) is 12.8 Å². The molecule has 0 aliphatic heterocycles. The second-order valence-corrected chi connectivity index (χ2v) is 5.41. The minimum absolute atomic E-state index is 0.308. The number of pyridine rings is 1. The van der Waals surface area contributed by atoms with Crippen LogP contribution in [0.1, 0.15) is 39.5 Å². The normalized spacial score (nSPS) is 20.6. The Balaban J connectivity index is 1.92. The number of nitrogens with zero attached hydrogens (tertiary/aromatic N) is 1. The molecule has 0 amide bonds. The van der Waals surface area contributed by atoms with Crippen molar-refractivity contribution in [3.05, 3.63) is 18.3 Å². The second kappa shape index (κ2) is 4.32. The zero-order valence-corrected chi connectivity index (χ0v) is 10.1. The van der Waals surface area contributed by atoms with Crippen LogP contribution in [0.15, 0.2) is 18.3 Å². The number of nitrogens with two attached hydrogens (primary N) is 1. The third kappa shape index (κ3) is 2.87. The fourth-order valence-electron chi connectivity index (χ4n) is 2.15. The molecule has 0 spiro atoms. The third-order valence-electron chi connectivity index (χ3n) is 3.33. The van der Waals surface area contributed by atoms with Gasteiger partial charge < -0.3 is 10.5 Å². The Kier molecular flexibility index (Phi) is 3.03. The molecule has 1 aromatic rings. The fraction of sp³-hybridized carbons (Fsp3) is 0.615. The van der Waals surface area contributed by atoms with Crippen molar-refractivity contribution in [1.82, 2.24) is 4.98 Å². The van der Waals surface area contributed by atoms with E-state index in [0.29, 0.717) is 23.1 Å². The van der Waals surface area contributed by atoms with E-state index in [0.717, 1.165) is 12.8 Å². The number of aromatic nitrogens is 1. The molecule has 1 aromatic heterocycles. The van der Waals surface area contributed by atoms with Crippen LogP contribution in [-0.4, -0.2) is 11.1 Å². The Morgan fingerprint density at radius 3 is 2.69 bits per heavy atom. The summed E-state index contributed by atoms with van der Waals surface area (Å²) in [5.74, 6) is 0.657. The van der Waals surface area contributed by atoms with E-state index in [4.69, 9.17) is 10.5 Å². The molecule has 0 atom stereocenters. The zero-order chi connectivity index (χ0) is 11.6. The topological polar surface area (TPSA) is 48.1 Å². The summed E-state index contributed by atoms with van der Waals surface area (Å²) >= 11 is 0. The predicted octanol–water partition coefficient (Wildman–Crippen LogP) is 3.01. The van der Waals surface area contributed by atoms with Gasteiger partial charge in [0.25, 0.3) is 0 Å². The summed E-state index contributed by atoms with van der Waals surface area (Å²) in [6.07, 6.45) is 6.67. The molecule has 88 valence electrons. The van der Waals surface area contributed by atoms with Crippen LogP contribution in [0, 0.1) is 5.41 Å². The van der Waals surface area contributed by atoms with Gasteiger partial charge in [0.05, 0.1) is 0 Å². The Hall–Kier alpha value is -1.25. The molecule has 0 saturated heterocycles. The Morgan fingerprint density at radius 2 is 2.06 bits per heavy atom. The molecule has 1 aliphatic carbocycles. The minimum Gasteiger partial charge on any atom is -0.474 e. The van der Waals surface area contributed by atoms with Crippen molar-refractivity contribution in [1.29, 1.82) is 0 Å². The maximum absolute atomic E-state index is 5.84. The predicted molar refractivity (Wildman–Crippen MR) is 65.3 cm³/mol. The summed E-state index contributed by atoms with van der Waals surface area (Å²) in [4.78, 5) is 4.17. The van der Waals surface area contributed by atoms with Crippen LogP contribution < -0.4 is 10.5 Å². The summed E-state index contributed by atoms with van der Waals surface area (Å²) in [5.41, 5.74) is 6.87. The quantitative estimate of drug-likeness (QED) is 0.833. The average molecular weight is 220 g/mol. The molecule has 0 unspecified atom stereocenters. The van der Waals surface area contributed by atoms with Gasteiger partial charge >= 0.3 is 0 Å². The molecule has 3 heteroatoms. The fourth-order valence-corrected chi connectivity index (χ4v) is 2.15. The van der Waals surface area contributed by atoms with Gasteiger partial charge in [0.15, 0.2) is 0 Å². The Bertz CT molecular complexity index is 353. The van der Waals surface area contributed by atoms with Crippen molar-refractivity contribution >= 4 is 5.69 Å². The zero-order valence-electron chi connectivity index (χ0n) is 10.1. The maximum atomic E-state index is 5.84. The largest absolute Gasteiger partial charge is 0.474 e. The third-order valence-corrected chi connectivity index (χ3v) is 3.33. The summed E-state index contributed by atoms with van der Waals surface area (Å²) in [6, 6.07) is 3.57. The molecule has 3 nitrogen and oxygen atoms in total. The first kappa shape index (κ1) is 11.2. The van der Waals surface area contributed by atoms with Crippen LogP contribution in [-0.2, 0) is 0 Å². The molecule has 16 heavy (non-hydrogen) atoms. The van der Waals surface area contributed by atoms with E-state index in [1.807, 2.05) is 0 Å². The van der Waals surface area contributed by atoms with Crippen molar-refractivity contribution in [3.8, 4) is 5.88 Å². The molecule has 1 fully saturated rings. The number of rotatable bonds is 2. The summed E-state index contributed by atoms with van der Waals surface area (Å²) in [7, 11) is 0. The molecule has 2 N–H and O–H groups in total. The lowest BCUT2D eigenvalue weighted by Gasteiger charge is -2.34.